The number of nitro benzene ring substituents is 1. The van der Waals surface area contributed by atoms with Gasteiger partial charge in [-0.3, -0.25) is 14.9 Å². The summed E-state index contributed by atoms with van der Waals surface area (Å²) in [5.41, 5.74) is 4.75. The van der Waals surface area contributed by atoms with E-state index >= 15 is 0 Å². The number of nitrogens with one attached hydrogen (secondary N) is 1. The van der Waals surface area contributed by atoms with Crippen LogP contribution in [0.1, 0.15) is 11.1 Å². The summed E-state index contributed by atoms with van der Waals surface area (Å²) in [4.78, 5) is 24.3. The van der Waals surface area contributed by atoms with E-state index in [4.69, 9.17) is 0 Å². The van der Waals surface area contributed by atoms with Crippen LogP contribution in [0.4, 0.5) is 11.4 Å². The van der Waals surface area contributed by atoms with Crippen LogP contribution in [0.3, 0.4) is 0 Å². The average Bonchev–Trinajstić information content (AvgIpc) is 2.62. The summed E-state index contributed by atoms with van der Waals surface area (Å²) in [5.74, 6) is -0.417. The molecular formula is C19H20N4O3. The first kappa shape index (κ1) is 18.9. The molecule has 0 aromatic heterocycles. The van der Waals surface area contributed by atoms with Gasteiger partial charge in [0.1, 0.15) is 0 Å². The normalized spacial score (nSPS) is 11.0. The number of hydrazone groups is 1. The molecule has 0 radical (unpaired) electrons. The molecule has 0 heterocycles. The van der Waals surface area contributed by atoms with Crippen molar-refractivity contribution in [3.8, 4) is 0 Å². The third-order valence-electron chi connectivity index (χ3n) is 3.59. The SMILES string of the molecule is CN(C)c1ccc(/C=C/C=N/NC(=O)Cc2ccccc2[N+](=O)[O-])cc1. The van der Waals surface area contributed by atoms with Gasteiger partial charge < -0.3 is 4.90 Å². The molecule has 2 rings (SSSR count). The number of benzene rings is 2. The predicted octanol–water partition coefficient (Wildman–Crippen LogP) is 3.02. The third-order valence-corrected chi connectivity index (χ3v) is 3.59. The molecule has 0 bridgehead atoms. The van der Waals surface area contributed by atoms with Crippen molar-refractivity contribution >= 4 is 29.6 Å². The minimum Gasteiger partial charge on any atom is -0.378 e. The van der Waals surface area contributed by atoms with E-state index in [-0.39, 0.29) is 12.1 Å². The molecular weight excluding hydrogens is 332 g/mol. The number of hydrogen-bond acceptors (Lipinski definition) is 5. The number of amides is 1. The lowest BCUT2D eigenvalue weighted by Gasteiger charge is -2.11. The van der Waals surface area contributed by atoms with Gasteiger partial charge in [0.05, 0.1) is 11.3 Å². The van der Waals surface area contributed by atoms with Crippen molar-refractivity contribution < 1.29 is 9.72 Å². The van der Waals surface area contributed by atoms with Crippen molar-refractivity contribution in [3.63, 3.8) is 0 Å². The van der Waals surface area contributed by atoms with Crippen LogP contribution >= 0.6 is 0 Å². The lowest BCUT2D eigenvalue weighted by molar-refractivity contribution is -0.385. The molecule has 0 aliphatic carbocycles. The second kappa shape index (κ2) is 9.12. The van der Waals surface area contributed by atoms with E-state index in [0.29, 0.717) is 5.56 Å². The molecule has 0 aliphatic heterocycles. The Morgan fingerprint density at radius 2 is 1.88 bits per heavy atom. The van der Waals surface area contributed by atoms with Crippen molar-refractivity contribution in [2.45, 2.75) is 6.42 Å². The Morgan fingerprint density at radius 1 is 1.19 bits per heavy atom. The topological polar surface area (TPSA) is 87.8 Å². The van der Waals surface area contributed by atoms with Crippen molar-refractivity contribution in [2.24, 2.45) is 5.10 Å². The Balaban J connectivity index is 1.86. The minimum atomic E-state index is -0.504. The van der Waals surface area contributed by atoms with E-state index in [0.717, 1.165) is 11.3 Å². The Hall–Kier alpha value is -3.48. The van der Waals surface area contributed by atoms with Gasteiger partial charge in [0.25, 0.3) is 5.69 Å². The Bertz CT molecular complexity index is 827. The summed E-state index contributed by atoms with van der Waals surface area (Å²) < 4.78 is 0. The highest BCUT2D eigenvalue weighted by molar-refractivity contribution is 5.83. The molecule has 0 fully saturated rings. The molecule has 2 aromatic carbocycles. The van der Waals surface area contributed by atoms with Crippen LogP contribution in [0.15, 0.2) is 59.7 Å². The van der Waals surface area contributed by atoms with Crippen LogP contribution in [-0.2, 0) is 11.2 Å². The smallest absolute Gasteiger partial charge is 0.273 e. The van der Waals surface area contributed by atoms with Crippen molar-refractivity contribution in [1.29, 1.82) is 0 Å². The van der Waals surface area contributed by atoms with E-state index < -0.39 is 10.8 Å². The molecule has 0 atom stereocenters. The van der Waals surface area contributed by atoms with Gasteiger partial charge in [-0.15, -0.1) is 0 Å². The van der Waals surface area contributed by atoms with Crippen LogP contribution in [-0.4, -0.2) is 31.1 Å². The lowest BCUT2D eigenvalue weighted by Crippen LogP contribution is -2.20. The fourth-order valence-corrected chi connectivity index (χ4v) is 2.24. The highest BCUT2D eigenvalue weighted by Crippen LogP contribution is 2.17. The molecule has 2 aromatic rings. The van der Waals surface area contributed by atoms with Crippen LogP contribution < -0.4 is 10.3 Å². The molecule has 7 heteroatoms. The van der Waals surface area contributed by atoms with Crippen LogP contribution in [0, 0.1) is 10.1 Å². The number of allylic oxidation sites excluding steroid dienone is 1. The van der Waals surface area contributed by atoms with Gasteiger partial charge in [0.2, 0.25) is 5.91 Å². The molecule has 0 unspecified atom stereocenters. The number of carbonyl (C=O) groups excluding carboxylic acids is 1. The van der Waals surface area contributed by atoms with Gasteiger partial charge in [-0.05, 0) is 23.8 Å². The van der Waals surface area contributed by atoms with Gasteiger partial charge in [0.15, 0.2) is 0 Å². The highest BCUT2D eigenvalue weighted by atomic mass is 16.6. The van der Waals surface area contributed by atoms with Gasteiger partial charge in [-0.25, -0.2) is 5.43 Å². The predicted molar refractivity (Wildman–Crippen MR) is 103 cm³/mol. The standard InChI is InChI=1S/C19H20N4O3/c1-22(2)17-11-9-15(10-12-17)6-5-13-20-21-19(24)14-16-7-3-4-8-18(16)23(25)26/h3-13H,14H2,1-2H3,(H,21,24)/b6-5+,20-13+. The molecule has 0 aliphatic rings. The highest BCUT2D eigenvalue weighted by Gasteiger charge is 2.14. The van der Waals surface area contributed by atoms with E-state index in [1.165, 1.54) is 12.3 Å². The van der Waals surface area contributed by atoms with Crippen LogP contribution in [0.2, 0.25) is 0 Å². The number of hydrogen-bond donors (Lipinski definition) is 1. The number of anilines is 1. The Morgan fingerprint density at radius 3 is 2.54 bits per heavy atom. The van der Waals surface area contributed by atoms with Crippen LogP contribution in [0.25, 0.3) is 6.08 Å². The average molecular weight is 352 g/mol. The quantitative estimate of drug-likeness (QED) is 0.471. The first-order valence-corrected chi connectivity index (χ1v) is 7.95. The van der Waals surface area contributed by atoms with Crippen molar-refractivity contribution in [2.75, 3.05) is 19.0 Å². The Kier molecular flexibility index (Phi) is 6.61. The fraction of sp³-hybridized carbons (Fsp3) is 0.158. The van der Waals surface area contributed by atoms with Gasteiger partial charge >= 0.3 is 0 Å². The minimum absolute atomic E-state index is 0.0762. The summed E-state index contributed by atoms with van der Waals surface area (Å²) in [6.07, 6.45) is 4.91. The second-order valence-corrected chi connectivity index (χ2v) is 5.72. The van der Waals surface area contributed by atoms with Gasteiger partial charge in [-0.1, -0.05) is 36.4 Å². The monoisotopic (exact) mass is 352 g/mol. The number of nitro groups is 1. The maximum absolute atomic E-state index is 11.8. The van der Waals surface area contributed by atoms with E-state index in [9.17, 15) is 14.9 Å². The van der Waals surface area contributed by atoms with Gasteiger partial charge in [-0.2, -0.15) is 5.10 Å². The number of para-hydroxylation sites is 1. The molecule has 1 N–H and O–H groups in total. The maximum atomic E-state index is 11.8. The molecule has 0 spiro atoms. The van der Waals surface area contributed by atoms with Crippen molar-refractivity contribution in [3.05, 3.63) is 75.8 Å². The third kappa shape index (κ3) is 5.55. The van der Waals surface area contributed by atoms with Crippen LogP contribution in [0.5, 0.6) is 0 Å². The van der Waals surface area contributed by atoms with Gasteiger partial charge in [0, 0.05) is 37.6 Å². The summed E-state index contributed by atoms with van der Waals surface area (Å²) >= 11 is 0. The first-order chi connectivity index (χ1) is 12.5. The number of nitrogens with zero attached hydrogens (tertiary/aromatic N) is 3. The van der Waals surface area contributed by atoms with E-state index in [1.807, 2.05) is 49.3 Å². The number of rotatable bonds is 7. The second-order valence-electron chi connectivity index (χ2n) is 5.72. The molecule has 26 heavy (non-hydrogen) atoms. The maximum Gasteiger partial charge on any atom is 0.273 e. The molecule has 134 valence electrons. The van der Waals surface area contributed by atoms with E-state index in [1.54, 1.807) is 24.3 Å². The van der Waals surface area contributed by atoms with Crippen molar-refractivity contribution in [1.82, 2.24) is 5.43 Å². The zero-order chi connectivity index (χ0) is 18.9. The van der Waals surface area contributed by atoms with E-state index in [2.05, 4.69) is 10.5 Å². The zero-order valence-electron chi connectivity index (χ0n) is 14.6. The molecule has 7 nitrogen and oxygen atoms in total. The summed E-state index contributed by atoms with van der Waals surface area (Å²) in [5, 5.41) is 14.7. The fourth-order valence-electron chi connectivity index (χ4n) is 2.24. The largest absolute Gasteiger partial charge is 0.378 e. The lowest BCUT2D eigenvalue weighted by atomic mass is 10.1. The first-order valence-electron chi connectivity index (χ1n) is 7.95. The summed E-state index contributed by atoms with van der Waals surface area (Å²) in [7, 11) is 3.95. The number of carbonyl (C=O) groups is 1. The molecule has 0 saturated heterocycles. The molecule has 1 amide bonds. The summed E-state index contributed by atoms with van der Waals surface area (Å²) in [6.45, 7) is 0. The zero-order valence-corrected chi connectivity index (χ0v) is 14.6. The summed E-state index contributed by atoms with van der Waals surface area (Å²) in [6, 6.07) is 14.1. The Labute approximate surface area is 151 Å². The molecule has 0 saturated carbocycles.